The molecule has 0 atom stereocenters. The Labute approximate surface area is 131 Å². The van der Waals surface area contributed by atoms with E-state index in [1.54, 1.807) is 6.20 Å². The molecular formula is C15H14F3N3S. The third kappa shape index (κ3) is 3.94. The standard InChI is InChI=1S/C15H14F3N3S/c1-9-3-2-7-19-14(9)21-15(22)20-8-6-10-4-5-11(16)13(18)12(10)17/h2-5,7H,6,8H2,1H3,(H2,19,20,21,22). The van der Waals surface area contributed by atoms with Crippen LogP contribution in [0.4, 0.5) is 19.0 Å². The Morgan fingerprint density at radius 1 is 1.18 bits per heavy atom. The fourth-order valence-corrected chi connectivity index (χ4v) is 2.04. The Balaban J connectivity index is 1.88. The molecule has 2 rings (SSSR count). The van der Waals surface area contributed by atoms with Crippen molar-refractivity contribution < 1.29 is 13.2 Å². The number of benzene rings is 1. The summed E-state index contributed by atoms with van der Waals surface area (Å²) in [6, 6.07) is 5.81. The second-order valence-electron chi connectivity index (χ2n) is 4.63. The Bertz CT molecular complexity index is 692. The highest BCUT2D eigenvalue weighted by atomic mass is 32.1. The Hall–Kier alpha value is -2.15. The second kappa shape index (κ2) is 7.22. The van der Waals surface area contributed by atoms with Crippen molar-refractivity contribution in [2.75, 3.05) is 11.9 Å². The number of nitrogens with one attached hydrogen (secondary N) is 2. The number of halogens is 3. The van der Waals surface area contributed by atoms with Gasteiger partial charge in [0.1, 0.15) is 5.82 Å². The van der Waals surface area contributed by atoms with Gasteiger partial charge in [-0.05, 0) is 48.8 Å². The molecule has 0 spiro atoms. The van der Waals surface area contributed by atoms with Gasteiger partial charge >= 0.3 is 0 Å². The first kappa shape index (κ1) is 16.2. The van der Waals surface area contributed by atoms with Crippen LogP contribution in [0.2, 0.25) is 0 Å². The van der Waals surface area contributed by atoms with E-state index in [9.17, 15) is 13.2 Å². The largest absolute Gasteiger partial charge is 0.362 e. The predicted molar refractivity (Wildman–Crippen MR) is 83.2 cm³/mol. The number of aryl methyl sites for hydroxylation is 1. The van der Waals surface area contributed by atoms with Gasteiger partial charge in [-0.1, -0.05) is 12.1 Å². The minimum atomic E-state index is -1.46. The minimum absolute atomic E-state index is 0.0863. The lowest BCUT2D eigenvalue weighted by atomic mass is 10.1. The average Bonchev–Trinajstić information content (AvgIpc) is 2.50. The normalized spacial score (nSPS) is 10.4. The molecule has 0 radical (unpaired) electrons. The van der Waals surface area contributed by atoms with Crippen LogP contribution < -0.4 is 10.6 Å². The van der Waals surface area contributed by atoms with Gasteiger partial charge in [-0.3, -0.25) is 0 Å². The van der Waals surface area contributed by atoms with Crippen LogP contribution in [0, 0.1) is 24.4 Å². The fraction of sp³-hybridized carbons (Fsp3) is 0.200. The molecular weight excluding hydrogens is 311 g/mol. The molecule has 7 heteroatoms. The van der Waals surface area contributed by atoms with Crippen LogP contribution in [0.25, 0.3) is 0 Å². The van der Waals surface area contributed by atoms with Gasteiger partial charge < -0.3 is 10.6 Å². The number of aromatic nitrogens is 1. The number of thiocarbonyl (C=S) groups is 1. The lowest BCUT2D eigenvalue weighted by Gasteiger charge is -2.11. The molecule has 0 aliphatic carbocycles. The molecule has 3 nitrogen and oxygen atoms in total. The average molecular weight is 325 g/mol. The molecule has 0 aliphatic heterocycles. The third-order valence-electron chi connectivity index (χ3n) is 3.04. The molecule has 0 unspecified atom stereocenters. The molecule has 0 saturated heterocycles. The van der Waals surface area contributed by atoms with Crippen molar-refractivity contribution in [3.05, 3.63) is 59.0 Å². The van der Waals surface area contributed by atoms with Gasteiger partial charge in [0, 0.05) is 12.7 Å². The Morgan fingerprint density at radius 3 is 2.68 bits per heavy atom. The minimum Gasteiger partial charge on any atom is -0.362 e. The number of nitrogens with zero attached hydrogens (tertiary/aromatic N) is 1. The topological polar surface area (TPSA) is 37.0 Å². The van der Waals surface area contributed by atoms with Crippen LogP contribution >= 0.6 is 12.2 Å². The van der Waals surface area contributed by atoms with Crippen LogP contribution in [0.5, 0.6) is 0 Å². The first-order chi connectivity index (χ1) is 10.5. The molecule has 2 N–H and O–H groups in total. The van der Waals surface area contributed by atoms with Crippen molar-refractivity contribution in [1.29, 1.82) is 0 Å². The van der Waals surface area contributed by atoms with Crippen LogP contribution in [0.1, 0.15) is 11.1 Å². The van der Waals surface area contributed by atoms with E-state index in [0.29, 0.717) is 10.9 Å². The SMILES string of the molecule is Cc1cccnc1NC(=S)NCCc1ccc(F)c(F)c1F. The van der Waals surface area contributed by atoms with E-state index in [2.05, 4.69) is 15.6 Å². The third-order valence-corrected chi connectivity index (χ3v) is 3.28. The summed E-state index contributed by atoms with van der Waals surface area (Å²) in [7, 11) is 0. The summed E-state index contributed by atoms with van der Waals surface area (Å²) in [5.41, 5.74) is 1.02. The highest BCUT2D eigenvalue weighted by Crippen LogP contribution is 2.15. The molecule has 0 fully saturated rings. The second-order valence-corrected chi connectivity index (χ2v) is 5.04. The summed E-state index contributed by atoms with van der Waals surface area (Å²) < 4.78 is 39.4. The van der Waals surface area contributed by atoms with Crippen molar-refractivity contribution >= 4 is 23.1 Å². The molecule has 1 aromatic heterocycles. The van der Waals surface area contributed by atoms with Gasteiger partial charge in [-0.15, -0.1) is 0 Å². The van der Waals surface area contributed by atoms with Crippen molar-refractivity contribution in [3.63, 3.8) is 0 Å². The molecule has 0 bridgehead atoms. The number of hydrogen-bond acceptors (Lipinski definition) is 2. The van der Waals surface area contributed by atoms with Gasteiger partial charge in [0.15, 0.2) is 22.6 Å². The monoisotopic (exact) mass is 325 g/mol. The fourth-order valence-electron chi connectivity index (χ4n) is 1.84. The van der Waals surface area contributed by atoms with E-state index in [4.69, 9.17) is 12.2 Å². The molecule has 22 heavy (non-hydrogen) atoms. The van der Waals surface area contributed by atoms with Crippen molar-refractivity contribution in [2.45, 2.75) is 13.3 Å². The van der Waals surface area contributed by atoms with E-state index in [1.165, 1.54) is 6.07 Å². The van der Waals surface area contributed by atoms with Crippen LogP contribution in [0.3, 0.4) is 0 Å². The Kier molecular flexibility index (Phi) is 5.32. The zero-order chi connectivity index (χ0) is 16.1. The maximum absolute atomic E-state index is 13.5. The number of pyridine rings is 1. The lowest BCUT2D eigenvalue weighted by Crippen LogP contribution is -2.31. The lowest BCUT2D eigenvalue weighted by molar-refractivity contribution is 0.441. The van der Waals surface area contributed by atoms with E-state index < -0.39 is 17.5 Å². The summed E-state index contributed by atoms with van der Waals surface area (Å²) in [6.45, 7) is 2.16. The highest BCUT2D eigenvalue weighted by molar-refractivity contribution is 7.80. The highest BCUT2D eigenvalue weighted by Gasteiger charge is 2.13. The Morgan fingerprint density at radius 2 is 1.95 bits per heavy atom. The smallest absolute Gasteiger partial charge is 0.194 e. The summed E-state index contributed by atoms with van der Waals surface area (Å²) >= 11 is 5.10. The molecule has 1 heterocycles. The van der Waals surface area contributed by atoms with Gasteiger partial charge in [0.05, 0.1) is 0 Å². The van der Waals surface area contributed by atoms with Crippen molar-refractivity contribution in [3.8, 4) is 0 Å². The van der Waals surface area contributed by atoms with Crippen LogP contribution in [-0.2, 0) is 6.42 Å². The molecule has 116 valence electrons. The first-order valence-electron chi connectivity index (χ1n) is 6.58. The van der Waals surface area contributed by atoms with Crippen LogP contribution in [-0.4, -0.2) is 16.6 Å². The summed E-state index contributed by atoms with van der Waals surface area (Å²) in [5.74, 6) is -3.19. The zero-order valence-corrected chi connectivity index (χ0v) is 12.6. The number of anilines is 1. The number of hydrogen-bond donors (Lipinski definition) is 2. The summed E-state index contributed by atoms with van der Waals surface area (Å²) in [6.07, 6.45) is 1.81. The number of rotatable bonds is 4. The molecule has 0 saturated carbocycles. The van der Waals surface area contributed by atoms with Gasteiger partial charge in [0.25, 0.3) is 0 Å². The molecule has 0 amide bonds. The zero-order valence-electron chi connectivity index (χ0n) is 11.8. The summed E-state index contributed by atoms with van der Waals surface area (Å²) in [5, 5.41) is 6.10. The quantitative estimate of drug-likeness (QED) is 0.668. The van der Waals surface area contributed by atoms with E-state index in [-0.39, 0.29) is 18.5 Å². The van der Waals surface area contributed by atoms with Gasteiger partial charge in [-0.25, -0.2) is 18.2 Å². The van der Waals surface area contributed by atoms with Crippen molar-refractivity contribution in [2.24, 2.45) is 0 Å². The van der Waals surface area contributed by atoms with E-state index in [0.717, 1.165) is 11.6 Å². The van der Waals surface area contributed by atoms with E-state index >= 15 is 0 Å². The molecule has 1 aromatic carbocycles. The first-order valence-corrected chi connectivity index (χ1v) is 6.98. The molecule has 0 aliphatic rings. The summed E-state index contributed by atoms with van der Waals surface area (Å²) in [4.78, 5) is 4.13. The van der Waals surface area contributed by atoms with Crippen LogP contribution in [0.15, 0.2) is 30.5 Å². The van der Waals surface area contributed by atoms with Crippen molar-refractivity contribution in [1.82, 2.24) is 10.3 Å². The predicted octanol–water partition coefficient (Wildman–Crippen LogP) is 3.34. The van der Waals surface area contributed by atoms with Gasteiger partial charge in [-0.2, -0.15) is 0 Å². The maximum Gasteiger partial charge on any atom is 0.194 e. The van der Waals surface area contributed by atoms with E-state index in [1.807, 2.05) is 19.1 Å². The molecule has 2 aromatic rings. The van der Waals surface area contributed by atoms with Gasteiger partial charge in [0.2, 0.25) is 0 Å². The maximum atomic E-state index is 13.5.